The zero-order valence-corrected chi connectivity index (χ0v) is 12.4. The largest absolute Gasteiger partial charge is 0.495 e. The second-order valence-electron chi connectivity index (χ2n) is 5.37. The van der Waals surface area contributed by atoms with Gasteiger partial charge in [0.2, 0.25) is 0 Å². The number of benzene rings is 1. The van der Waals surface area contributed by atoms with E-state index in [1.54, 1.807) is 7.11 Å². The third kappa shape index (κ3) is 3.94. The molecule has 5 heteroatoms. The molecule has 0 radical (unpaired) electrons. The number of rotatable bonds is 6. The summed E-state index contributed by atoms with van der Waals surface area (Å²) >= 11 is 0. The third-order valence-electron chi connectivity index (χ3n) is 4.09. The van der Waals surface area contributed by atoms with Gasteiger partial charge in [-0.25, -0.2) is 0 Å². The first-order valence-electron chi connectivity index (χ1n) is 7.24. The minimum atomic E-state index is -0.0697. The fourth-order valence-corrected chi connectivity index (χ4v) is 2.73. The van der Waals surface area contributed by atoms with Crippen molar-refractivity contribution in [1.29, 1.82) is 5.26 Å². The van der Waals surface area contributed by atoms with Gasteiger partial charge in [0.05, 0.1) is 12.7 Å². The number of aliphatic hydroxyl groups is 1. The van der Waals surface area contributed by atoms with Crippen molar-refractivity contribution in [1.82, 2.24) is 5.32 Å². The van der Waals surface area contributed by atoms with Crippen molar-refractivity contribution in [2.75, 3.05) is 26.9 Å². The Morgan fingerprint density at radius 1 is 1.43 bits per heavy atom. The summed E-state index contributed by atoms with van der Waals surface area (Å²) in [5.41, 5.74) is 1.51. The predicted octanol–water partition coefficient (Wildman–Crippen LogP) is 1.59. The monoisotopic (exact) mass is 290 g/mol. The van der Waals surface area contributed by atoms with Crippen molar-refractivity contribution < 1.29 is 14.6 Å². The molecule has 2 rings (SSSR count). The van der Waals surface area contributed by atoms with Crippen LogP contribution < -0.4 is 10.1 Å². The van der Waals surface area contributed by atoms with E-state index in [9.17, 15) is 5.11 Å². The van der Waals surface area contributed by atoms with Crippen LogP contribution in [0.4, 0.5) is 0 Å². The van der Waals surface area contributed by atoms with Crippen LogP contribution in [-0.4, -0.2) is 37.6 Å². The van der Waals surface area contributed by atoms with Gasteiger partial charge in [-0.15, -0.1) is 0 Å². The van der Waals surface area contributed by atoms with Crippen LogP contribution in [0.5, 0.6) is 5.75 Å². The lowest BCUT2D eigenvalue weighted by molar-refractivity contribution is 0.0267. The minimum absolute atomic E-state index is 0.0697. The van der Waals surface area contributed by atoms with Gasteiger partial charge in [-0.3, -0.25) is 0 Å². The molecule has 0 atom stereocenters. The Hall–Kier alpha value is -1.61. The molecule has 0 unspecified atom stereocenters. The summed E-state index contributed by atoms with van der Waals surface area (Å²) in [5, 5.41) is 22.0. The van der Waals surface area contributed by atoms with E-state index in [1.807, 2.05) is 18.2 Å². The molecule has 1 aromatic carbocycles. The molecular weight excluding hydrogens is 268 g/mol. The minimum Gasteiger partial charge on any atom is -0.495 e. The fourth-order valence-electron chi connectivity index (χ4n) is 2.73. The van der Waals surface area contributed by atoms with Gasteiger partial charge in [0, 0.05) is 31.9 Å². The lowest BCUT2D eigenvalue weighted by Crippen LogP contribution is -2.49. The van der Waals surface area contributed by atoms with Crippen LogP contribution in [0, 0.1) is 11.3 Å². The van der Waals surface area contributed by atoms with Gasteiger partial charge in [-0.1, -0.05) is 6.07 Å². The number of nitrogens with one attached hydrogen (secondary N) is 1. The van der Waals surface area contributed by atoms with Crippen LogP contribution in [-0.2, 0) is 11.3 Å². The van der Waals surface area contributed by atoms with E-state index in [-0.39, 0.29) is 12.1 Å². The Labute approximate surface area is 125 Å². The second-order valence-corrected chi connectivity index (χ2v) is 5.37. The van der Waals surface area contributed by atoms with E-state index in [0.29, 0.717) is 17.9 Å². The molecule has 0 aliphatic carbocycles. The van der Waals surface area contributed by atoms with Crippen LogP contribution in [0.1, 0.15) is 30.4 Å². The van der Waals surface area contributed by atoms with Crippen molar-refractivity contribution in [2.45, 2.75) is 31.3 Å². The van der Waals surface area contributed by atoms with Gasteiger partial charge in [0.15, 0.2) is 0 Å². The topological polar surface area (TPSA) is 74.5 Å². The van der Waals surface area contributed by atoms with Crippen molar-refractivity contribution in [2.24, 2.45) is 0 Å². The smallest absolute Gasteiger partial charge is 0.136 e. The average Bonchev–Trinajstić information content (AvgIpc) is 2.54. The van der Waals surface area contributed by atoms with Gasteiger partial charge in [-0.2, -0.15) is 5.26 Å². The molecular formula is C16H22N2O3. The lowest BCUT2D eigenvalue weighted by atomic mass is 9.86. The van der Waals surface area contributed by atoms with Crippen molar-refractivity contribution in [3.05, 3.63) is 29.3 Å². The first kappa shape index (κ1) is 15.8. The molecule has 1 heterocycles. The van der Waals surface area contributed by atoms with Crippen LogP contribution >= 0.6 is 0 Å². The molecule has 0 spiro atoms. The van der Waals surface area contributed by atoms with Crippen LogP contribution in [0.2, 0.25) is 0 Å². The van der Waals surface area contributed by atoms with E-state index in [0.717, 1.165) is 38.0 Å². The Morgan fingerprint density at radius 2 is 2.19 bits per heavy atom. The zero-order valence-electron chi connectivity index (χ0n) is 12.4. The van der Waals surface area contributed by atoms with E-state index in [1.165, 1.54) is 0 Å². The molecule has 1 aromatic rings. The van der Waals surface area contributed by atoms with E-state index >= 15 is 0 Å². The summed E-state index contributed by atoms with van der Waals surface area (Å²) in [6, 6.07) is 7.77. The van der Waals surface area contributed by atoms with Crippen LogP contribution in [0.15, 0.2) is 18.2 Å². The first-order chi connectivity index (χ1) is 10.2. The quantitative estimate of drug-likeness (QED) is 0.832. The second kappa shape index (κ2) is 7.41. The molecule has 1 aliphatic heterocycles. The normalized spacial score (nSPS) is 17.2. The Kier molecular flexibility index (Phi) is 5.57. The first-order valence-corrected chi connectivity index (χ1v) is 7.24. The van der Waals surface area contributed by atoms with Crippen molar-refractivity contribution in [3.8, 4) is 11.8 Å². The van der Waals surface area contributed by atoms with Gasteiger partial charge in [-0.05, 0) is 37.0 Å². The highest BCUT2D eigenvalue weighted by Crippen LogP contribution is 2.25. The van der Waals surface area contributed by atoms with Crippen LogP contribution in [0.3, 0.4) is 0 Å². The maximum atomic E-state index is 9.29. The lowest BCUT2D eigenvalue weighted by Gasteiger charge is -2.38. The van der Waals surface area contributed by atoms with Gasteiger partial charge < -0.3 is 19.9 Å². The predicted molar refractivity (Wildman–Crippen MR) is 79.0 cm³/mol. The SMILES string of the molecule is COc1ccc(CNC2(CCO)CCOCC2)cc1C#N. The maximum absolute atomic E-state index is 9.29. The highest BCUT2D eigenvalue weighted by molar-refractivity contribution is 5.45. The molecule has 0 bridgehead atoms. The summed E-state index contributed by atoms with van der Waals surface area (Å²) in [6.07, 6.45) is 2.52. The average molecular weight is 290 g/mol. The number of aliphatic hydroxyl groups excluding tert-OH is 1. The number of nitriles is 1. The molecule has 2 N–H and O–H groups in total. The van der Waals surface area contributed by atoms with Crippen molar-refractivity contribution >= 4 is 0 Å². The molecule has 21 heavy (non-hydrogen) atoms. The molecule has 0 saturated carbocycles. The summed E-state index contributed by atoms with van der Waals surface area (Å²) < 4.78 is 10.6. The number of hydrogen-bond acceptors (Lipinski definition) is 5. The Bertz CT molecular complexity index is 499. The molecule has 1 aliphatic rings. The number of methoxy groups -OCH3 is 1. The molecule has 0 aromatic heterocycles. The molecule has 1 fully saturated rings. The molecule has 0 amide bonds. The molecule has 114 valence electrons. The van der Waals surface area contributed by atoms with E-state index in [4.69, 9.17) is 14.7 Å². The number of hydrogen-bond donors (Lipinski definition) is 2. The number of nitrogens with zero attached hydrogens (tertiary/aromatic N) is 1. The third-order valence-corrected chi connectivity index (χ3v) is 4.09. The maximum Gasteiger partial charge on any atom is 0.136 e. The summed E-state index contributed by atoms with van der Waals surface area (Å²) in [4.78, 5) is 0. The van der Waals surface area contributed by atoms with E-state index in [2.05, 4.69) is 11.4 Å². The summed E-state index contributed by atoms with van der Waals surface area (Å²) in [6.45, 7) is 2.27. The van der Waals surface area contributed by atoms with Crippen molar-refractivity contribution in [3.63, 3.8) is 0 Å². The summed E-state index contributed by atoms with van der Waals surface area (Å²) in [5.74, 6) is 0.595. The Morgan fingerprint density at radius 3 is 2.81 bits per heavy atom. The highest BCUT2D eigenvalue weighted by Gasteiger charge is 2.31. The van der Waals surface area contributed by atoms with E-state index < -0.39 is 0 Å². The molecule has 1 saturated heterocycles. The van der Waals surface area contributed by atoms with Gasteiger partial charge in [0.25, 0.3) is 0 Å². The zero-order chi connectivity index (χ0) is 15.1. The van der Waals surface area contributed by atoms with Crippen LogP contribution in [0.25, 0.3) is 0 Å². The summed E-state index contributed by atoms with van der Waals surface area (Å²) in [7, 11) is 1.56. The van der Waals surface area contributed by atoms with Gasteiger partial charge in [0.1, 0.15) is 11.8 Å². The van der Waals surface area contributed by atoms with Gasteiger partial charge >= 0.3 is 0 Å². The highest BCUT2D eigenvalue weighted by atomic mass is 16.5. The fraction of sp³-hybridized carbons (Fsp3) is 0.562. The Balaban J connectivity index is 2.05. The molecule has 5 nitrogen and oxygen atoms in total. The number of ether oxygens (including phenoxy) is 2. The standard InChI is InChI=1S/C16H22N2O3/c1-20-15-3-2-13(10-14(15)11-17)12-18-16(4-7-19)5-8-21-9-6-16/h2-3,10,18-19H,4-9,12H2,1H3.